The predicted molar refractivity (Wildman–Crippen MR) is 82.9 cm³/mol. The molecule has 0 aliphatic rings. The minimum Gasteiger partial charge on any atom is -0.497 e. The fourth-order valence-corrected chi connectivity index (χ4v) is 2.38. The Kier molecular flexibility index (Phi) is 4.80. The molecule has 0 fully saturated rings. The number of methoxy groups -OCH3 is 1. The van der Waals surface area contributed by atoms with E-state index in [-0.39, 0.29) is 6.61 Å². The van der Waals surface area contributed by atoms with E-state index in [2.05, 4.69) is 38.1 Å². The average Bonchev–Trinajstić information content (AvgIpc) is 2.46. The van der Waals surface area contributed by atoms with Crippen LogP contribution in [-0.4, -0.2) is 12.2 Å². The van der Waals surface area contributed by atoms with Gasteiger partial charge in [0.2, 0.25) is 0 Å². The van der Waals surface area contributed by atoms with Crippen molar-refractivity contribution < 1.29 is 9.84 Å². The normalized spacial score (nSPS) is 10.8. The van der Waals surface area contributed by atoms with Crippen molar-refractivity contribution >= 4 is 0 Å². The van der Waals surface area contributed by atoms with E-state index in [9.17, 15) is 5.11 Å². The van der Waals surface area contributed by atoms with E-state index in [1.54, 1.807) is 7.11 Å². The van der Waals surface area contributed by atoms with Crippen molar-refractivity contribution in [3.05, 3.63) is 53.6 Å². The van der Waals surface area contributed by atoms with Crippen LogP contribution < -0.4 is 4.74 Å². The van der Waals surface area contributed by atoms with Crippen LogP contribution in [0.5, 0.6) is 5.75 Å². The lowest BCUT2D eigenvalue weighted by Crippen LogP contribution is -1.95. The smallest absolute Gasteiger partial charge is 0.119 e. The fourth-order valence-electron chi connectivity index (χ4n) is 2.38. The molecule has 0 aromatic heterocycles. The van der Waals surface area contributed by atoms with Gasteiger partial charge in [0.05, 0.1) is 13.7 Å². The summed E-state index contributed by atoms with van der Waals surface area (Å²) in [6.07, 6.45) is 1.09. The Hall–Kier alpha value is -1.80. The van der Waals surface area contributed by atoms with Crippen LogP contribution >= 0.6 is 0 Å². The summed E-state index contributed by atoms with van der Waals surface area (Å²) in [5.74, 6) is 1.47. The molecule has 1 N–H and O–H groups in total. The Morgan fingerprint density at radius 3 is 2.30 bits per heavy atom. The number of aliphatic hydroxyl groups excluding tert-OH is 1. The van der Waals surface area contributed by atoms with Gasteiger partial charge in [-0.3, -0.25) is 0 Å². The summed E-state index contributed by atoms with van der Waals surface area (Å²) in [7, 11) is 1.66. The molecule has 0 saturated heterocycles. The number of hydrogen-bond donors (Lipinski definition) is 1. The lowest BCUT2D eigenvalue weighted by atomic mass is 9.96. The second kappa shape index (κ2) is 6.58. The van der Waals surface area contributed by atoms with Crippen molar-refractivity contribution in [2.75, 3.05) is 7.11 Å². The van der Waals surface area contributed by atoms with E-state index in [1.807, 2.05) is 18.2 Å². The Balaban J connectivity index is 2.35. The van der Waals surface area contributed by atoms with E-state index in [0.29, 0.717) is 5.92 Å². The molecule has 0 radical (unpaired) electrons. The molecular weight excluding hydrogens is 248 g/mol. The van der Waals surface area contributed by atoms with Gasteiger partial charge in [-0.1, -0.05) is 44.2 Å². The van der Waals surface area contributed by atoms with Crippen molar-refractivity contribution in [3.8, 4) is 16.9 Å². The van der Waals surface area contributed by atoms with Gasteiger partial charge in [0.25, 0.3) is 0 Å². The molecule has 0 unspecified atom stereocenters. The maximum Gasteiger partial charge on any atom is 0.119 e. The fraction of sp³-hybridized carbons (Fsp3) is 0.333. The largest absolute Gasteiger partial charge is 0.497 e. The number of ether oxygens (including phenoxy) is 1. The van der Waals surface area contributed by atoms with E-state index in [4.69, 9.17) is 4.74 Å². The van der Waals surface area contributed by atoms with E-state index in [0.717, 1.165) is 28.9 Å². The number of benzene rings is 2. The minimum absolute atomic E-state index is 0.0348. The van der Waals surface area contributed by atoms with Crippen LogP contribution in [0.3, 0.4) is 0 Å². The third-order valence-electron chi connectivity index (χ3n) is 3.40. The Bertz CT molecular complexity index is 556. The lowest BCUT2D eigenvalue weighted by Gasteiger charge is -2.11. The SMILES string of the molecule is COc1ccc(CO)c(-c2ccc(CC(C)C)cc2)c1. The van der Waals surface area contributed by atoms with E-state index < -0.39 is 0 Å². The molecule has 2 aromatic carbocycles. The Morgan fingerprint density at radius 2 is 1.75 bits per heavy atom. The van der Waals surface area contributed by atoms with Gasteiger partial charge < -0.3 is 9.84 Å². The third-order valence-corrected chi connectivity index (χ3v) is 3.40. The molecular formula is C18H22O2. The summed E-state index contributed by atoms with van der Waals surface area (Å²) in [4.78, 5) is 0. The minimum atomic E-state index is 0.0348. The molecule has 0 saturated carbocycles. The topological polar surface area (TPSA) is 29.5 Å². The highest BCUT2D eigenvalue weighted by molar-refractivity contribution is 5.69. The predicted octanol–water partition coefficient (Wildman–Crippen LogP) is 4.05. The molecule has 106 valence electrons. The molecule has 0 spiro atoms. The molecule has 2 aromatic rings. The Labute approximate surface area is 121 Å². The molecule has 0 aliphatic heterocycles. The summed E-state index contributed by atoms with van der Waals surface area (Å²) in [5, 5.41) is 9.48. The summed E-state index contributed by atoms with van der Waals surface area (Å²) < 4.78 is 5.27. The molecule has 0 heterocycles. The first-order chi connectivity index (χ1) is 9.63. The summed E-state index contributed by atoms with van der Waals surface area (Å²) in [6.45, 7) is 4.48. The zero-order chi connectivity index (χ0) is 14.5. The number of rotatable bonds is 5. The van der Waals surface area contributed by atoms with Crippen LogP contribution in [0.15, 0.2) is 42.5 Å². The first-order valence-corrected chi connectivity index (χ1v) is 7.01. The first-order valence-electron chi connectivity index (χ1n) is 7.01. The third kappa shape index (κ3) is 3.40. The van der Waals surface area contributed by atoms with E-state index >= 15 is 0 Å². The van der Waals surface area contributed by atoms with Gasteiger partial charge in [-0.25, -0.2) is 0 Å². The van der Waals surface area contributed by atoms with Crippen LogP contribution in [0.4, 0.5) is 0 Å². The quantitative estimate of drug-likeness (QED) is 0.888. The maximum absolute atomic E-state index is 9.48. The molecule has 2 heteroatoms. The number of aliphatic hydroxyl groups is 1. The zero-order valence-corrected chi connectivity index (χ0v) is 12.4. The molecule has 0 bridgehead atoms. The van der Waals surface area contributed by atoms with Gasteiger partial charge in [-0.15, -0.1) is 0 Å². The van der Waals surface area contributed by atoms with Crippen molar-refractivity contribution in [2.24, 2.45) is 5.92 Å². The second-order valence-electron chi connectivity index (χ2n) is 5.48. The van der Waals surface area contributed by atoms with Crippen LogP contribution in [0.25, 0.3) is 11.1 Å². The molecule has 2 nitrogen and oxygen atoms in total. The standard InChI is InChI=1S/C18H22O2/c1-13(2)10-14-4-6-15(7-5-14)18-11-17(20-3)9-8-16(18)12-19/h4-9,11,13,19H,10,12H2,1-3H3. The van der Waals surface area contributed by atoms with Crippen LogP contribution in [0, 0.1) is 5.92 Å². The highest BCUT2D eigenvalue weighted by atomic mass is 16.5. The zero-order valence-electron chi connectivity index (χ0n) is 12.4. The second-order valence-corrected chi connectivity index (χ2v) is 5.48. The molecule has 0 atom stereocenters. The van der Waals surface area contributed by atoms with Crippen molar-refractivity contribution in [3.63, 3.8) is 0 Å². The highest BCUT2D eigenvalue weighted by Gasteiger charge is 2.07. The summed E-state index contributed by atoms with van der Waals surface area (Å²) in [5.41, 5.74) is 4.41. The van der Waals surface area contributed by atoms with Crippen molar-refractivity contribution in [1.29, 1.82) is 0 Å². The monoisotopic (exact) mass is 270 g/mol. The average molecular weight is 270 g/mol. The van der Waals surface area contributed by atoms with Crippen LogP contribution in [0.2, 0.25) is 0 Å². The van der Waals surface area contributed by atoms with Gasteiger partial charge >= 0.3 is 0 Å². The van der Waals surface area contributed by atoms with Gasteiger partial charge in [0, 0.05) is 0 Å². The molecule has 2 rings (SSSR count). The maximum atomic E-state index is 9.48. The van der Waals surface area contributed by atoms with E-state index in [1.165, 1.54) is 5.56 Å². The van der Waals surface area contributed by atoms with Gasteiger partial charge in [-0.2, -0.15) is 0 Å². The van der Waals surface area contributed by atoms with Crippen LogP contribution in [-0.2, 0) is 13.0 Å². The molecule has 0 amide bonds. The van der Waals surface area contributed by atoms with Gasteiger partial charge in [0.1, 0.15) is 5.75 Å². The molecule has 0 aliphatic carbocycles. The number of hydrogen-bond acceptors (Lipinski definition) is 2. The Morgan fingerprint density at radius 1 is 1.05 bits per heavy atom. The summed E-state index contributed by atoms with van der Waals surface area (Å²) in [6, 6.07) is 14.3. The van der Waals surface area contributed by atoms with Gasteiger partial charge in [-0.05, 0) is 46.7 Å². The van der Waals surface area contributed by atoms with Gasteiger partial charge in [0.15, 0.2) is 0 Å². The van der Waals surface area contributed by atoms with Crippen molar-refractivity contribution in [2.45, 2.75) is 26.9 Å². The molecule has 20 heavy (non-hydrogen) atoms. The lowest BCUT2D eigenvalue weighted by molar-refractivity contribution is 0.282. The summed E-state index contributed by atoms with van der Waals surface area (Å²) >= 11 is 0. The van der Waals surface area contributed by atoms with Crippen LogP contribution in [0.1, 0.15) is 25.0 Å². The first kappa shape index (κ1) is 14.6. The highest BCUT2D eigenvalue weighted by Crippen LogP contribution is 2.28. The van der Waals surface area contributed by atoms with Crippen molar-refractivity contribution in [1.82, 2.24) is 0 Å².